The van der Waals surface area contributed by atoms with Crippen LogP contribution < -0.4 is 4.74 Å². The molecule has 0 atom stereocenters. The van der Waals surface area contributed by atoms with Crippen LogP contribution in [0.1, 0.15) is 38.2 Å². The number of rotatable bonds is 5. The monoisotopic (exact) mass is 232 g/mol. The molecule has 0 bridgehead atoms. The van der Waals surface area contributed by atoms with E-state index in [1.807, 2.05) is 31.2 Å². The molecular formula is C15H20O2. The van der Waals surface area contributed by atoms with Crippen molar-refractivity contribution >= 4 is 0 Å². The van der Waals surface area contributed by atoms with Gasteiger partial charge >= 0.3 is 0 Å². The molecule has 2 aliphatic carbocycles. The summed E-state index contributed by atoms with van der Waals surface area (Å²) < 4.78 is 5.68. The lowest BCUT2D eigenvalue weighted by molar-refractivity contribution is -0.0125. The first-order chi connectivity index (χ1) is 8.26. The Hall–Kier alpha value is -1.02. The predicted octanol–water partition coefficient (Wildman–Crippen LogP) is 3.09. The predicted molar refractivity (Wildman–Crippen MR) is 67.0 cm³/mol. The molecule has 0 saturated heterocycles. The van der Waals surface area contributed by atoms with Crippen molar-refractivity contribution in [2.45, 2.75) is 38.2 Å². The molecule has 0 radical (unpaired) electrons. The van der Waals surface area contributed by atoms with Crippen molar-refractivity contribution in [3.63, 3.8) is 0 Å². The van der Waals surface area contributed by atoms with Crippen LogP contribution in [0.25, 0.3) is 0 Å². The molecule has 1 aromatic rings. The Morgan fingerprint density at radius 2 is 1.76 bits per heavy atom. The van der Waals surface area contributed by atoms with E-state index in [2.05, 4.69) is 0 Å². The van der Waals surface area contributed by atoms with Gasteiger partial charge in [0.1, 0.15) is 5.75 Å². The highest BCUT2D eigenvalue weighted by atomic mass is 16.5. The quantitative estimate of drug-likeness (QED) is 0.845. The minimum absolute atomic E-state index is 0.455. The van der Waals surface area contributed by atoms with Gasteiger partial charge < -0.3 is 9.84 Å². The van der Waals surface area contributed by atoms with Gasteiger partial charge in [-0.1, -0.05) is 18.2 Å². The van der Waals surface area contributed by atoms with Crippen LogP contribution in [0.3, 0.4) is 0 Å². The van der Waals surface area contributed by atoms with Crippen LogP contribution in [-0.2, 0) is 5.60 Å². The molecule has 2 heteroatoms. The smallest absolute Gasteiger partial charge is 0.125 e. The van der Waals surface area contributed by atoms with Gasteiger partial charge in [-0.05, 0) is 50.5 Å². The number of benzene rings is 1. The van der Waals surface area contributed by atoms with Gasteiger partial charge in [0.15, 0.2) is 0 Å². The SMILES string of the molecule is CCOc1ccccc1C(O)(C1CC1)C1CC1. The standard InChI is InChI=1S/C15H20O2/c1-2-17-14-6-4-3-5-13(14)15(16,11-7-8-11)12-9-10-12/h3-6,11-12,16H,2,7-10H2,1H3. The molecule has 0 amide bonds. The van der Waals surface area contributed by atoms with E-state index in [9.17, 15) is 5.11 Å². The van der Waals surface area contributed by atoms with E-state index >= 15 is 0 Å². The summed E-state index contributed by atoms with van der Waals surface area (Å²) in [7, 11) is 0. The van der Waals surface area contributed by atoms with E-state index in [0.717, 1.165) is 37.0 Å². The Balaban J connectivity index is 2.00. The Labute approximate surface area is 103 Å². The van der Waals surface area contributed by atoms with Gasteiger partial charge in [-0.15, -0.1) is 0 Å². The second-order valence-electron chi connectivity index (χ2n) is 5.30. The van der Waals surface area contributed by atoms with E-state index in [-0.39, 0.29) is 0 Å². The van der Waals surface area contributed by atoms with E-state index in [1.165, 1.54) is 0 Å². The summed E-state index contributed by atoms with van der Waals surface area (Å²) in [5, 5.41) is 11.1. The molecule has 1 aromatic carbocycles. The fourth-order valence-electron chi connectivity index (χ4n) is 2.90. The Morgan fingerprint density at radius 1 is 1.18 bits per heavy atom. The molecule has 2 nitrogen and oxygen atoms in total. The maximum absolute atomic E-state index is 11.1. The fraction of sp³-hybridized carbons (Fsp3) is 0.600. The van der Waals surface area contributed by atoms with Crippen LogP contribution in [0.2, 0.25) is 0 Å². The van der Waals surface area contributed by atoms with Gasteiger partial charge in [0.2, 0.25) is 0 Å². The lowest BCUT2D eigenvalue weighted by Crippen LogP contribution is -2.31. The summed E-state index contributed by atoms with van der Waals surface area (Å²) in [4.78, 5) is 0. The lowest BCUT2D eigenvalue weighted by Gasteiger charge is -2.30. The summed E-state index contributed by atoms with van der Waals surface area (Å²) in [5.41, 5.74) is 0.401. The van der Waals surface area contributed by atoms with Crippen molar-refractivity contribution in [3.05, 3.63) is 29.8 Å². The van der Waals surface area contributed by atoms with Crippen LogP contribution in [0.4, 0.5) is 0 Å². The molecule has 2 saturated carbocycles. The van der Waals surface area contributed by atoms with Gasteiger partial charge in [-0.3, -0.25) is 0 Å². The topological polar surface area (TPSA) is 29.5 Å². The van der Waals surface area contributed by atoms with Crippen LogP contribution in [0.15, 0.2) is 24.3 Å². The lowest BCUT2D eigenvalue weighted by atomic mass is 9.83. The minimum atomic E-state index is -0.619. The van der Waals surface area contributed by atoms with Crippen LogP contribution >= 0.6 is 0 Å². The van der Waals surface area contributed by atoms with Crippen LogP contribution in [-0.4, -0.2) is 11.7 Å². The maximum Gasteiger partial charge on any atom is 0.125 e. The van der Waals surface area contributed by atoms with Gasteiger partial charge in [0.25, 0.3) is 0 Å². The van der Waals surface area contributed by atoms with Crippen molar-refractivity contribution < 1.29 is 9.84 Å². The number of ether oxygens (including phenoxy) is 1. The van der Waals surface area contributed by atoms with Crippen molar-refractivity contribution in [1.29, 1.82) is 0 Å². The average molecular weight is 232 g/mol. The Kier molecular flexibility index (Phi) is 2.62. The van der Waals surface area contributed by atoms with Crippen molar-refractivity contribution in [3.8, 4) is 5.75 Å². The molecule has 0 heterocycles. The molecule has 0 aromatic heterocycles. The van der Waals surface area contributed by atoms with Crippen LogP contribution in [0.5, 0.6) is 5.75 Å². The second-order valence-corrected chi connectivity index (χ2v) is 5.30. The van der Waals surface area contributed by atoms with Gasteiger partial charge in [0, 0.05) is 5.56 Å². The highest BCUT2D eigenvalue weighted by Crippen LogP contribution is 2.58. The first kappa shape index (κ1) is 11.1. The number of aliphatic hydroxyl groups is 1. The summed E-state index contributed by atoms with van der Waals surface area (Å²) >= 11 is 0. The third kappa shape index (κ3) is 1.85. The highest BCUT2D eigenvalue weighted by Gasteiger charge is 2.55. The van der Waals surface area contributed by atoms with Gasteiger partial charge in [-0.25, -0.2) is 0 Å². The van der Waals surface area contributed by atoms with Crippen molar-refractivity contribution in [1.82, 2.24) is 0 Å². The largest absolute Gasteiger partial charge is 0.493 e. The van der Waals surface area contributed by atoms with Crippen molar-refractivity contribution in [2.24, 2.45) is 11.8 Å². The summed E-state index contributed by atoms with van der Waals surface area (Å²) in [6.45, 7) is 2.65. The molecule has 2 aliphatic rings. The number of hydrogen-bond donors (Lipinski definition) is 1. The molecule has 1 N–H and O–H groups in total. The number of para-hydroxylation sites is 1. The molecule has 92 valence electrons. The molecule has 17 heavy (non-hydrogen) atoms. The van der Waals surface area contributed by atoms with Crippen LogP contribution in [0, 0.1) is 11.8 Å². The average Bonchev–Trinajstić information content (AvgIpc) is 3.20. The summed E-state index contributed by atoms with van der Waals surface area (Å²) in [6.07, 6.45) is 4.64. The first-order valence-electron chi connectivity index (χ1n) is 6.71. The number of hydrogen-bond acceptors (Lipinski definition) is 2. The third-order valence-electron chi connectivity index (χ3n) is 4.02. The second kappa shape index (κ2) is 4.02. The maximum atomic E-state index is 11.1. The fourth-order valence-corrected chi connectivity index (χ4v) is 2.90. The zero-order chi connectivity index (χ0) is 11.9. The molecule has 2 fully saturated rings. The third-order valence-corrected chi connectivity index (χ3v) is 4.02. The Morgan fingerprint density at radius 3 is 2.29 bits per heavy atom. The minimum Gasteiger partial charge on any atom is -0.493 e. The van der Waals surface area contributed by atoms with Gasteiger partial charge in [-0.2, -0.15) is 0 Å². The highest BCUT2D eigenvalue weighted by molar-refractivity contribution is 5.40. The molecule has 3 rings (SSSR count). The van der Waals surface area contributed by atoms with E-state index in [0.29, 0.717) is 18.4 Å². The molecular weight excluding hydrogens is 212 g/mol. The van der Waals surface area contributed by atoms with Gasteiger partial charge in [0.05, 0.1) is 12.2 Å². The first-order valence-corrected chi connectivity index (χ1v) is 6.71. The normalized spacial score (nSPS) is 20.4. The zero-order valence-corrected chi connectivity index (χ0v) is 10.4. The molecule has 0 spiro atoms. The molecule has 0 aliphatic heterocycles. The zero-order valence-electron chi connectivity index (χ0n) is 10.4. The van der Waals surface area contributed by atoms with Crippen molar-refractivity contribution in [2.75, 3.05) is 6.61 Å². The van der Waals surface area contributed by atoms with E-state index in [1.54, 1.807) is 0 Å². The molecule has 0 unspecified atom stereocenters. The summed E-state index contributed by atoms with van der Waals surface area (Å²) in [6, 6.07) is 8.01. The Bertz CT molecular complexity index is 393. The van der Waals surface area contributed by atoms with E-state index < -0.39 is 5.60 Å². The summed E-state index contributed by atoms with van der Waals surface area (Å²) in [5.74, 6) is 1.78. The van der Waals surface area contributed by atoms with E-state index in [4.69, 9.17) is 4.74 Å².